The maximum absolute atomic E-state index is 12.6. The molecule has 164 valence electrons. The predicted octanol–water partition coefficient (Wildman–Crippen LogP) is 1.34. The van der Waals surface area contributed by atoms with Crippen molar-refractivity contribution in [1.29, 1.82) is 0 Å². The van der Waals surface area contributed by atoms with E-state index in [4.69, 9.17) is 9.49 Å². The highest BCUT2D eigenvalue weighted by Crippen LogP contribution is 2.17. The number of hydroxylamine groups is 2. The van der Waals surface area contributed by atoms with Crippen LogP contribution in [0.5, 0.6) is 0 Å². The monoisotopic (exact) mass is 424 g/mol. The summed E-state index contributed by atoms with van der Waals surface area (Å²) >= 11 is 0. The van der Waals surface area contributed by atoms with Gasteiger partial charge in [0.15, 0.2) is 0 Å². The lowest BCUT2D eigenvalue weighted by Gasteiger charge is -2.34. The topological polar surface area (TPSA) is 91.9 Å². The lowest BCUT2D eigenvalue weighted by Crippen LogP contribution is -2.53. The number of hydrogen-bond acceptors (Lipinski definition) is 6. The fourth-order valence-corrected chi connectivity index (χ4v) is 3.46. The number of hydrogen-bond donors (Lipinski definition) is 3. The Labute approximate surface area is 183 Å². The summed E-state index contributed by atoms with van der Waals surface area (Å²) in [7, 11) is 2.13. The van der Waals surface area contributed by atoms with Gasteiger partial charge in [0, 0.05) is 25.9 Å². The van der Waals surface area contributed by atoms with E-state index in [9.17, 15) is 9.59 Å². The standard InChI is InChI=1S/C22H29BN4O4/c1-30-23-25-13-17-7-9-19(10-8-17)26-22(29)21-12-11-20(14-24-21)27(16-28)31-15-18-5-3-2-4-6-18/h2-10,16,20-21,23-25H,11-15H2,1H3,(H,26,29)/t20?,21-/m0/s1. The summed E-state index contributed by atoms with van der Waals surface area (Å²) in [4.78, 5) is 29.7. The van der Waals surface area contributed by atoms with Crippen LogP contribution in [-0.4, -0.2) is 50.7 Å². The van der Waals surface area contributed by atoms with Crippen molar-refractivity contribution >= 4 is 25.6 Å². The molecule has 0 saturated carbocycles. The molecule has 1 aliphatic heterocycles. The van der Waals surface area contributed by atoms with Crippen molar-refractivity contribution in [3.05, 3.63) is 65.7 Å². The minimum atomic E-state index is -0.304. The van der Waals surface area contributed by atoms with Crippen LogP contribution >= 0.6 is 0 Å². The molecule has 0 aromatic heterocycles. The summed E-state index contributed by atoms with van der Waals surface area (Å²) in [6.07, 6.45) is 2.01. The van der Waals surface area contributed by atoms with Crippen molar-refractivity contribution < 1.29 is 19.1 Å². The third-order valence-electron chi connectivity index (χ3n) is 5.19. The van der Waals surface area contributed by atoms with Gasteiger partial charge in [-0.25, -0.2) is 5.06 Å². The number of nitrogens with zero attached hydrogens (tertiary/aromatic N) is 1. The van der Waals surface area contributed by atoms with Crippen LogP contribution in [0.1, 0.15) is 24.0 Å². The maximum atomic E-state index is 12.6. The molecule has 0 radical (unpaired) electrons. The van der Waals surface area contributed by atoms with Gasteiger partial charge in [-0.2, -0.15) is 0 Å². The molecule has 1 heterocycles. The third kappa shape index (κ3) is 7.18. The molecule has 2 aromatic rings. The van der Waals surface area contributed by atoms with Crippen LogP contribution in [0, 0.1) is 0 Å². The number of carbonyl (C=O) groups is 2. The summed E-state index contributed by atoms with van der Waals surface area (Å²) in [6, 6.07) is 17.0. The number of amides is 2. The predicted molar refractivity (Wildman–Crippen MR) is 120 cm³/mol. The van der Waals surface area contributed by atoms with Crippen molar-refractivity contribution in [1.82, 2.24) is 15.6 Å². The van der Waals surface area contributed by atoms with E-state index in [1.807, 2.05) is 54.6 Å². The average molecular weight is 424 g/mol. The molecule has 2 atom stereocenters. The number of piperidine rings is 1. The minimum Gasteiger partial charge on any atom is -0.427 e. The first-order valence-corrected chi connectivity index (χ1v) is 10.4. The second-order valence-corrected chi connectivity index (χ2v) is 7.46. The minimum absolute atomic E-state index is 0.0773. The Kier molecular flexibility index (Phi) is 9.05. The number of benzene rings is 2. The Bertz CT molecular complexity index is 814. The van der Waals surface area contributed by atoms with Crippen molar-refractivity contribution in [2.45, 2.75) is 38.1 Å². The van der Waals surface area contributed by atoms with Gasteiger partial charge in [-0.3, -0.25) is 14.4 Å². The van der Waals surface area contributed by atoms with E-state index in [1.165, 1.54) is 5.06 Å². The van der Waals surface area contributed by atoms with Crippen LogP contribution in [0.25, 0.3) is 0 Å². The lowest BCUT2D eigenvalue weighted by molar-refractivity contribution is -0.194. The van der Waals surface area contributed by atoms with E-state index in [0.29, 0.717) is 46.6 Å². The normalized spacial score (nSPS) is 18.2. The largest absolute Gasteiger partial charge is 0.427 e. The molecule has 1 saturated heterocycles. The van der Waals surface area contributed by atoms with Crippen LogP contribution in [0.4, 0.5) is 5.69 Å². The van der Waals surface area contributed by atoms with Crippen molar-refractivity contribution in [2.24, 2.45) is 0 Å². The molecule has 8 nitrogen and oxygen atoms in total. The molecule has 1 unspecified atom stereocenters. The van der Waals surface area contributed by atoms with E-state index in [2.05, 4.69) is 15.9 Å². The summed E-state index contributed by atoms with van der Waals surface area (Å²) < 4.78 is 4.97. The smallest absolute Gasteiger partial charge is 0.360 e. The molecule has 0 aliphatic carbocycles. The van der Waals surface area contributed by atoms with Gasteiger partial charge in [-0.15, -0.1) is 0 Å². The molecule has 3 N–H and O–H groups in total. The van der Waals surface area contributed by atoms with Gasteiger partial charge in [-0.1, -0.05) is 42.5 Å². The van der Waals surface area contributed by atoms with Crippen molar-refractivity contribution in [3.8, 4) is 0 Å². The SMILES string of the molecule is COBNCc1ccc(NC(=O)[C@@H]2CCC(N(C=O)OCc3ccccc3)CN2)cc1. The zero-order valence-corrected chi connectivity index (χ0v) is 17.8. The van der Waals surface area contributed by atoms with Gasteiger partial charge in [0.2, 0.25) is 12.3 Å². The zero-order valence-electron chi connectivity index (χ0n) is 17.8. The molecule has 1 fully saturated rings. The highest BCUT2D eigenvalue weighted by molar-refractivity contribution is 6.23. The number of nitrogens with one attached hydrogen (secondary N) is 3. The molecule has 31 heavy (non-hydrogen) atoms. The summed E-state index contributed by atoms with van der Waals surface area (Å²) in [5.74, 6) is -0.0773. The first-order valence-electron chi connectivity index (χ1n) is 10.4. The second kappa shape index (κ2) is 12.2. The van der Waals surface area contributed by atoms with Crippen LogP contribution in [0.3, 0.4) is 0 Å². The Morgan fingerprint density at radius 3 is 2.58 bits per heavy atom. The molecular weight excluding hydrogens is 395 g/mol. The van der Waals surface area contributed by atoms with E-state index < -0.39 is 0 Å². The molecule has 2 aromatic carbocycles. The molecule has 1 aliphatic rings. The molecule has 9 heteroatoms. The van der Waals surface area contributed by atoms with Crippen molar-refractivity contribution in [3.63, 3.8) is 0 Å². The van der Waals surface area contributed by atoms with Crippen LogP contribution in [0.15, 0.2) is 54.6 Å². The molecule has 0 bridgehead atoms. The number of rotatable bonds is 11. The van der Waals surface area contributed by atoms with Gasteiger partial charge in [-0.05, 0) is 36.1 Å². The molecular formula is C22H29BN4O4. The van der Waals surface area contributed by atoms with Crippen LogP contribution in [0.2, 0.25) is 0 Å². The van der Waals surface area contributed by atoms with E-state index in [-0.39, 0.29) is 18.0 Å². The van der Waals surface area contributed by atoms with E-state index in [1.54, 1.807) is 7.11 Å². The Morgan fingerprint density at radius 2 is 1.94 bits per heavy atom. The van der Waals surface area contributed by atoms with E-state index >= 15 is 0 Å². The number of anilines is 1. The number of carbonyl (C=O) groups excluding carboxylic acids is 2. The average Bonchev–Trinajstić information content (AvgIpc) is 2.82. The summed E-state index contributed by atoms with van der Waals surface area (Å²) in [6.45, 7) is 1.53. The highest BCUT2D eigenvalue weighted by Gasteiger charge is 2.29. The van der Waals surface area contributed by atoms with Crippen LogP contribution < -0.4 is 15.9 Å². The third-order valence-corrected chi connectivity index (χ3v) is 5.19. The van der Waals surface area contributed by atoms with Gasteiger partial charge in [0.1, 0.15) is 6.61 Å². The fourth-order valence-electron chi connectivity index (χ4n) is 3.46. The van der Waals surface area contributed by atoms with E-state index in [0.717, 1.165) is 16.8 Å². The molecule has 2 amide bonds. The van der Waals surface area contributed by atoms with Crippen molar-refractivity contribution in [2.75, 3.05) is 19.0 Å². The highest BCUT2D eigenvalue weighted by atomic mass is 16.7. The first-order chi connectivity index (χ1) is 15.2. The van der Waals surface area contributed by atoms with Gasteiger partial charge in [0.25, 0.3) is 0 Å². The van der Waals surface area contributed by atoms with Gasteiger partial charge >= 0.3 is 7.62 Å². The molecule has 3 rings (SSSR count). The van der Waals surface area contributed by atoms with Crippen LogP contribution in [-0.2, 0) is 32.2 Å². The summed E-state index contributed by atoms with van der Waals surface area (Å²) in [5, 5.41) is 10.7. The quantitative estimate of drug-likeness (QED) is 0.218. The second-order valence-electron chi connectivity index (χ2n) is 7.46. The van der Waals surface area contributed by atoms with Gasteiger partial charge < -0.3 is 20.5 Å². The summed E-state index contributed by atoms with van der Waals surface area (Å²) in [5.41, 5.74) is 2.86. The maximum Gasteiger partial charge on any atom is 0.360 e. The Balaban J connectivity index is 1.42. The zero-order chi connectivity index (χ0) is 21.9. The van der Waals surface area contributed by atoms with Gasteiger partial charge in [0.05, 0.1) is 12.1 Å². The first kappa shape index (κ1) is 23.0. The fraction of sp³-hybridized carbons (Fsp3) is 0.364. The Morgan fingerprint density at radius 1 is 1.16 bits per heavy atom. The molecule has 0 spiro atoms. The Hall–Kier alpha value is -2.72. The lowest BCUT2D eigenvalue weighted by atomic mass is 10.00.